The van der Waals surface area contributed by atoms with Crippen LogP contribution in [0.4, 0.5) is 5.69 Å². The van der Waals surface area contributed by atoms with Crippen molar-refractivity contribution in [2.75, 3.05) is 25.5 Å². The zero-order valence-corrected chi connectivity index (χ0v) is 13.2. The molecule has 2 atom stereocenters. The number of hydrogen-bond donors (Lipinski definition) is 1. The summed E-state index contributed by atoms with van der Waals surface area (Å²) in [5.41, 5.74) is 2.40. The number of fused-ring (bicyclic) bond motifs is 1. The molecular formula is C15H21BrN2O. The normalized spacial score (nSPS) is 26.5. The molecule has 0 saturated carbocycles. The lowest BCUT2D eigenvalue weighted by molar-refractivity contribution is 0.318. The molecule has 4 heteroatoms. The molecule has 2 heterocycles. The van der Waals surface area contributed by atoms with Gasteiger partial charge < -0.3 is 10.1 Å². The number of benzene rings is 1. The SMILES string of the molecule is COc1cc(Br)cc(C)c1NC1CCN2CCCC12. The van der Waals surface area contributed by atoms with Crippen LogP contribution >= 0.6 is 15.9 Å². The minimum atomic E-state index is 0.566. The summed E-state index contributed by atoms with van der Waals surface area (Å²) in [5, 5.41) is 3.74. The maximum absolute atomic E-state index is 5.52. The van der Waals surface area contributed by atoms with Crippen LogP contribution in [-0.2, 0) is 0 Å². The van der Waals surface area contributed by atoms with Gasteiger partial charge in [-0.1, -0.05) is 15.9 Å². The van der Waals surface area contributed by atoms with Gasteiger partial charge in [0.1, 0.15) is 5.75 Å². The zero-order valence-electron chi connectivity index (χ0n) is 11.6. The lowest BCUT2D eigenvalue weighted by Gasteiger charge is -2.24. The molecule has 0 radical (unpaired) electrons. The van der Waals surface area contributed by atoms with Crippen LogP contribution in [0.15, 0.2) is 16.6 Å². The highest BCUT2D eigenvalue weighted by atomic mass is 79.9. The van der Waals surface area contributed by atoms with E-state index in [1.807, 2.05) is 6.07 Å². The van der Waals surface area contributed by atoms with Gasteiger partial charge in [0.2, 0.25) is 0 Å². The first kappa shape index (κ1) is 13.3. The van der Waals surface area contributed by atoms with E-state index in [1.54, 1.807) is 7.11 Å². The maximum atomic E-state index is 5.52. The van der Waals surface area contributed by atoms with Crippen LogP contribution in [-0.4, -0.2) is 37.2 Å². The summed E-state index contributed by atoms with van der Waals surface area (Å²) in [4.78, 5) is 2.62. The fourth-order valence-electron chi connectivity index (χ4n) is 3.49. The maximum Gasteiger partial charge on any atom is 0.143 e. The fourth-order valence-corrected chi connectivity index (χ4v) is 4.05. The molecule has 2 fully saturated rings. The number of methoxy groups -OCH3 is 1. The summed E-state index contributed by atoms with van der Waals surface area (Å²) in [6.45, 7) is 4.65. The van der Waals surface area contributed by atoms with E-state index in [0.717, 1.165) is 15.9 Å². The van der Waals surface area contributed by atoms with Crippen molar-refractivity contribution in [1.82, 2.24) is 4.90 Å². The van der Waals surface area contributed by atoms with Crippen molar-refractivity contribution >= 4 is 21.6 Å². The molecule has 3 rings (SSSR count). The molecule has 1 aromatic rings. The molecule has 0 bridgehead atoms. The van der Waals surface area contributed by atoms with Gasteiger partial charge in [-0.25, -0.2) is 0 Å². The van der Waals surface area contributed by atoms with Gasteiger partial charge in [-0.3, -0.25) is 4.90 Å². The van der Waals surface area contributed by atoms with Crippen molar-refractivity contribution in [3.05, 3.63) is 22.2 Å². The number of nitrogens with zero attached hydrogens (tertiary/aromatic N) is 1. The Hall–Kier alpha value is -0.740. The number of aryl methyl sites for hydroxylation is 1. The standard InChI is InChI=1S/C15H21BrN2O/c1-10-8-11(16)9-14(19-2)15(10)17-12-5-7-18-6-3-4-13(12)18/h8-9,12-13,17H,3-7H2,1-2H3. The second-order valence-electron chi connectivity index (χ2n) is 5.58. The molecule has 2 aliphatic heterocycles. The number of anilines is 1. The van der Waals surface area contributed by atoms with Crippen LogP contribution < -0.4 is 10.1 Å². The highest BCUT2D eigenvalue weighted by Gasteiger charge is 2.37. The number of nitrogens with one attached hydrogen (secondary N) is 1. The van der Waals surface area contributed by atoms with E-state index in [4.69, 9.17) is 4.74 Å². The topological polar surface area (TPSA) is 24.5 Å². The second-order valence-corrected chi connectivity index (χ2v) is 6.50. The summed E-state index contributed by atoms with van der Waals surface area (Å²) in [7, 11) is 1.74. The summed E-state index contributed by atoms with van der Waals surface area (Å²) in [5.74, 6) is 0.934. The molecule has 1 aromatic carbocycles. The molecule has 0 amide bonds. The van der Waals surface area contributed by atoms with E-state index >= 15 is 0 Å². The molecule has 3 nitrogen and oxygen atoms in total. The van der Waals surface area contributed by atoms with Gasteiger partial charge in [-0.05, 0) is 50.4 Å². The van der Waals surface area contributed by atoms with Crippen LogP contribution in [0, 0.1) is 6.92 Å². The van der Waals surface area contributed by atoms with Crippen LogP contribution in [0.25, 0.3) is 0 Å². The number of halogens is 1. The Morgan fingerprint density at radius 1 is 1.32 bits per heavy atom. The lowest BCUT2D eigenvalue weighted by Crippen LogP contribution is -2.34. The third-order valence-corrected chi connectivity index (χ3v) is 4.88. The molecule has 104 valence electrons. The number of rotatable bonds is 3. The van der Waals surface area contributed by atoms with Crippen LogP contribution in [0.3, 0.4) is 0 Å². The van der Waals surface area contributed by atoms with E-state index in [-0.39, 0.29) is 0 Å². The Kier molecular flexibility index (Phi) is 3.72. The summed E-state index contributed by atoms with van der Waals surface area (Å²) < 4.78 is 6.59. The summed E-state index contributed by atoms with van der Waals surface area (Å²) in [6, 6.07) is 5.46. The molecule has 0 aliphatic carbocycles. The van der Waals surface area contributed by atoms with Gasteiger partial charge in [0, 0.05) is 23.1 Å². The van der Waals surface area contributed by atoms with E-state index < -0.39 is 0 Å². The highest BCUT2D eigenvalue weighted by Crippen LogP contribution is 2.36. The smallest absolute Gasteiger partial charge is 0.143 e. The summed E-state index contributed by atoms with van der Waals surface area (Å²) in [6.07, 6.45) is 3.91. The average molecular weight is 325 g/mol. The Bertz CT molecular complexity index is 477. The van der Waals surface area contributed by atoms with E-state index in [0.29, 0.717) is 12.1 Å². The average Bonchev–Trinajstić information content (AvgIpc) is 2.96. The Balaban J connectivity index is 1.83. The van der Waals surface area contributed by atoms with Gasteiger partial charge in [0.15, 0.2) is 0 Å². The minimum Gasteiger partial charge on any atom is -0.495 e. The van der Waals surface area contributed by atoms with Gasteiger partial charge >= 0.3 is 0 Å². The van der Waals surface area contributed by atoms with Crippen molar-refractivity contribution in [3.8, 4) is 5.75 Å². The Morgan fingerprint density at radius 3 is 2.95 bits per heavy atom. The van der Waals surface area contributed by atoms with E-state index in [9.17, 15) is 0 Å². The zero-order chi connectivity index (χ0) is 13.4. The van der Waals surface area contributed by atoms with Crippen molar-refractivity contribution in [3.63, 3.8) is 0 Å². The minimum absolute atomic E-state index is 0.566. The second kappa shape index (κ2) is 5.33. The van der Waals surface area contributed by atoms with Crippen LogP contribution in [0.2, 0.25) is 0 Å². The Morgan fingerprint density at radius 2 is 2.16 bits per heavy atom. The Labute approximate surface area is 123 Å². The van der Waals surface area contributed by atoms with E-state index in [1.165, 1.54) is 37.9 Å². The lowest BCUT2D eigenvalue weighted by atomic mass is 10.1. The molecule has 0 spiro atoms. The largest absolute Gasteiger partial charge is 0.495 e. The third kappa shape index (κ3) is 2.48. The number of ether oxygens (including phenoxy) is 1. The molecule has 2 unspecified atom stereocenters. The van der Waals surface area contributed by atoms with Crippen molar-refractivity contribution < 1.29 is 4.74 Å². The molecule has 19 heavy (non-hydrogen) atoms. The van der Waals surface area contributed by atoms with E-state index in [2.05, 4.69) is 39.1 Å². The monoisotopic (exact) mass is 324 g/mol. The predicted molar refractivity (Wildman–Crippen MR) is 82.1 cm³/mol. The van der Waals surface area contributed by atoms with Crippen molar-refractivity contribution in [1.29, 1.82) is 0 Å². The molecular weight excluding hydrogens is 304 g/mol. The first-order valence-corrected chi connectivity index (χ1v) is 7.83. The van der Waals surface area contributed by atoms with Gasteiger partial charge in [-0.15, -0.1) is 0 Å². The predicted octanol–water partition coefficient (Wildman–Crippen LogP) is 3.41. The molecule has 1 N–H and O–H groups in total. The first-order valence-electron chi connectivity index (χ1n) is 7.04. The summed E-state index contributed by atoms with van der Waals surface area (Å²) >= 11 is 3.53. The molecule has 2 saturated heterocycles. The first-order chi connectivity index (χ1) is 9.19. The molecule has 2 aliphatic rings. The fraction of sp³-hybridized carbons (Fsp3) is 0.600. The number of hydrogen-bond acceptors (Lipinski definition) is 3. The van der Waals surface area contributed by atoms with Crippen LogP contribution in [0.5, 0.6) is 5.75 Å². The van der Waals surface area contributed by atoms with Gasteiger partial charge in [0.05, 0.1) is 12.8 Å². The highest BCUT2D eigenvalue weighted by molar-refractivity contribution is 9.10. The van der Waals surface area contributed by atoms with Gasteiger partial charge in [0.25, 0.3) is 0 Å². The quantitative estimate of drug-likeness (QED) is 0.922. The van der Waals surface area contributed by atoms with Crippen molar-refractivity contribution in [2.24, 2.45) is 0 Å². The third-order valence-electron chi connectivity index (χ3n) is 4.42. The molecule has 0 aromatic heterocycles. The van der Waals surface area contributed by atoms with Crippen molar-refractivity contribution in [2.45, 2.75) is 38.3 Å². The van der Waals surface area contributed by atoms with Gasteiger partial charge in [-0.2, -0.15) is 0 Å². The van der Waals surface area contributed by atoms with Crippen LogP contribution in [0.1, 0.15) is 24.8 Å².